The van der Waals surface area contributed by atoms with Gasteiger partial charge in [0.2, 0.25) is 0 Å². The Kier molecular flexibility index (Phi) is 3.41. The predicted octanol–water partition coefficient (Wildman–Crippen LogP) is 2.43. The van der Waals surface area contributed by atoms with Crippen LogP contribution >= 0.6 is 0 Å². The Morgan fingerprint density at radius 1 is 1.38 bits per heavy atom. The van der Waals surface area contributed by atoms with Gasteiger partial charge in [0.1, 0.15) is 16.9 Å². The van der Waals surface area contributed by atoms with Crippen LogP contribution in [0.1, 0.15) is 30.1 Å². The second-order valence-electron chi connectivity index (χ2n) is 5.34. The molecular weight excluding hydrogens is 270 g/mol. The molecule has 1 amide bonds. The summed E-state index contributed by atoms with van der Waals surface area (Å²) in [5, 5.41) is 0.714. The fraction of sp³-hybridized carbons (Fsp3) is 0.375. The number of hydrogen-bond acceptors (Lipinski definition) is 4. The second-order valence-corrected chi connectivity index (χ2v) is 5.34. The highest BCUT2D eigenvalue weighted by atomic mass is 16.5. The van der Waals surface area contributed by atoms with Crippen LogP contribution in [0.2, 0.25) is 0 Å². The zero-order valence-corrected chi connectivity index (χ0v) is 12.1. The minimum atomic E-state index is -0.597. The molecule has 1 aromatic carbocycles. The molecule has 0 saturated carbocycles. The van der Waals surface area contributed by atoms with Gasteiger partial charge in [-0.25, -0.2) is 4.79 Å². The van der Waals surface area contributed by atoms with Crippen LogP contribution in [0.3, 0.4) is 0 Å². The van der Waals surface area contributed by atoms with Gasteiger partial charge in [-0.05, 0) is 38.0 Å². The first-order valence-electron chi connectivity index (χ1n) is 7.03. The molecule has 1 aromatic heterocycles. The smallest absolute Gasteiger partial charge is 0.349 e. The molecule has 2 heterocycles. The van der Waals surface area contributed by atoms with Crippen LogP contribution in [0.5, 0.6) is 5.75 Å². The molecule has 1 fully saturated rings. The van der Waals surface area contributed by atoms with E-state index in [-0.39, 0.29) is 17.5 Å². The van der Waals surface area contributed by atoms with Crippen LogP contribution < -0.4 is 10.4 Å². The van der Waals surface area contributed by atoms with E-state index in [1.54, 1.807) is 36.3 Å². The molecule has 0 spiro atoms. The number of ether oxygens (including phenoxy) is 1. The van der Waals surface area contributed by atoms with Crippen molar-refractivity contribution in [1.29, 1.82) is 0 Å². The molecule has 0 N–H and O–H groups in total. The molecule has 21 heavy (non-hydrogen) atoms. The van der Waals surface area contributed by atoms with Crippen LogP contribution in [0.15, 0.2) is 33.5 Å². The Hall–Kier alpha value is -2.30. The van der Waals surface area contributed by atoms with Crippen LogP contribution in [-0.4, -0.2) is 30.5 Å². The monoisotopic (exact) mass is 287 g/mol. The summed E-state index contributed by atoms with van der Waals surface area (Å²) in [5.74, 6) is 0.365. The highest BCUT2D eigenvalue weighted by Gasteiger charge is 2.28. The highest BCUT2D eigenvalue weighted by Crippen LogP contribution is 2.22. The summed E-state index contributed by atoms with van der Waals surface area (Å²) in [5.41, 5.74) is -0.0772. The molecule has 5 nitrogen and oxygen atoms in total. The summed E-state index contributed by atoms with van der Waals surface area (Å²) in [7, 11) is 1.55. The van der Waals surface area contributed by atoms with Crippen LogP contribution in [0.25, 0.3) is 11.0 Å². The summed E-state index contributed by atoms with van der Waals surface area (Å²) in [6.07, 6.45) is 1.95. The zero-order chi connectivity index (χ0) is 15.0. The topological polar surface area (TPSA) is 59.8 Å². The van der Waals surface area contributed by atoms with Gasteiger partial charge in [-0.15, -0.1) is 0 Å². The molecular formula is C16H17NO4. The molecule has 1 atom stereocenters. The summed E-state index contributed by atoms with van der Waals surface area (Å²) in [4.78, 5) is 26.3. The number of rotatable bonds is 2. The predicted molar refractivity (Wildman–Crippen MR) is 78.8 cm³/mol. The lowest BCUT2D eigenvalue weighted by atomic mass is 10.1. The number of methoxy groups -OCH3 is 1. The van der Waals surface area contributed by atoms with Crippen molar-refractivity contribution in [2.24, 2.45) is 0 Å². The van der Waals surface area contributed by atoms with Crippen molar-refractivity contribution in [2.45, 2.75) is 25.8 Å². The third kappa shape index (κ3) is 2.39. The van der Waals surface area contributed by atoms with Crippen molar-refractivity contribution in [2.75, 3.05) is 13.7 Å². The first kappa shape index (κ1) is 13.7. The van der Waals surface area contributed by atoms with Crippen molar-refractivity contribution in [3.8, 4) is 5.75 Å². The summed E-state index contributed by atoms with van der Waals surface area (Å²) >= 11 is 0. The fourth-order valence-electron chi connectivity index (χ4n) is 2.76. The van der Waals surface area contributed by atoms with Gasteiger partial charge in [0.05, 0.1) is 7.11 Å². The van der Waals surface area contributed by atoms with Gasteiger partial charge in [0.25, 0.3) is 5.91 Å². The first-order valence-corrected chi connectivity index (χ1v) is 7.03. The van der Waals surface area contributed by atoms with E-state index in [9.17, 15) is 9.59 Å². The minimum absolute atomic E-state index is 0.0985. The second kappa shape index (κ2) is 5.24. The van der Waals surface area contributed by atoms with E-state index in [1.165, 1.54) is 0 Å². The van der Waals surface area contributed by atoms with Crippen LogP contribution in [-0.2, 0) is 0 Å². The van der Waals surface area contributed by atoms with Gasteiger partial charge < -0.3 is 14.1 Å². The number of fused-ring (bicyclic) bond motifs is 1. The Morgan fingerprint density at radius 2 is 2.19 bits per heavy atom. The van der Waals surface area contributed by atoms with Crippen molar-refractivity contribution < 1.29 is 13.9 Å². The molecule has 5 heteroatoms. The van der Waals surface area contributed by atoms with Gasteiger partial charge in [0.15, 0.2) is 0 Å². The van der Waals surface area contributed by atoms with Gasteiger partial charge in [-0.3, -0.25) is 4.79 Å². The molecule has 3 rings (SSSR count). The molecule has 1 aliphatic heterocycles. The number of nitrogens with zero attached hydrogens (tertiary/aromatic N) is 1. The Balaban J connectivity index is 2.05. The van der Waals surface area contributed by atoms with Crippen LogP contribution in [0, 0.1) is 0 Å². The van der Waals surface area contributed by atoms with Gasteiger partial charge in [-0.2, -0.15) is 0 Å². The molecule has 1 saturated heterocycles. The number of hydrogen-bond donors (Lipinski definition) is 0. The molecule has 1 unspecified atom stereocenters. The van der Waals surface area contributed by atoms with Crippen molar-refractivity contribution in [1.82, 2.24) is 4.90 Å². The maximum Gasteiger partial charge on any atom is 0.349 e. The number of carbonyl (C=O) groups is 1. The largest absolute Gasteiger partial charge is 0.497 e. The normalized spacial score (nSPS) is 18.2. The van der Waals surface area contributed by atoms with E-state index in [0.717, 1.165) is 12.8 Å². The molecule has 0 aliphatic carbocycles. The van der Waals surface area contributed by atoms with Crippen molar-refractivity contribution in [3.05, 3.63) is 40.2 Å². The first-order chi connectivity index (χ1) is 10.1. The maximum atomic E-state index is 12.5. The molecule has 1 aliphatic rings. The number of likely N-dealkylation sites (tertiary alicyclic amines) is 1. The quantitative estimate of drug-likeness (QED) is 0.796. The number of carbonyl (C=O) groups excluding carboxylic acids is 1. The Morgan fingerprint density at radius 3 is 2.86 bits per heavy atom. The molecule has 2 aromatic rings. The lowest BCUT2D eigenvalue weighted by Gasteiger charge is -2.20. The number of benzene rings is 1. The zero-order valence-electron chi connectivity index (χ0n) is 12.1. The minimum Gasteiger partial charge on any atom is -0.497 e. The number of amides is 1. The summed E-state index contributed by atoms with van der Waals surface area (Å²) < 4.78 is 10.4. The summed E-state index contributed by atoms with van der Waals surface area (Å²) in [6.45, 7) is 2.69. The lowest BCUT2D eigenvalue weighted by molar-refractivity contribution is 0.0743. The average Bonchev–Trinajstić information content (AvgIpc) is 2.91. The fourth-order valence-corrected chi connectivity index (χ4v) is 2.76. The third-order valence-corrected chi connectivity index (χ3v) is 3.99. The van der Waals surface area contributed by atoms with Gasteiger partial charge in [0, 0.05) is 24.0 Å². The maximum absolute atomic E-state index is 12.5. The molecule has 110 valence electrons. The Bertz CT molecular complexity index is 750. The molecule has 0 bridgehead atoms. The highest BCUT2D eigenvalue weighted by molar-refractivity contribution is 5.97. The Labute approximate surface area is 122 Å². The van der Waals surface area contributed by atoms with Gasteiger partial charge >= 0.3 is 5.63 Å². The van der Waals surface area contributed by atoms with E-state index < -0.39 is 5.63 Å². The van der Waals surface area contributed by atoms with Crippen molar-refractivity contribution >= 4 is 16.9 Å². The van der Waals surface area contributed by atoms with Crippen LogP contribution in [0.4, 0.5) is 0 Å². The standard InChI is InChI=1S/C16H17NO4/c1-10-4-3-7-17(10)15(18)13-8-11-5-6-12(20-2)9-14(11)21-16(13)19/h5-6,8-10H,3-4,7H2,1-2H3. The van der Waals surface area contributed by atoms with E-state index >= 15 is 0 Å². The van der Waals surface area contributed by atoms with E-state index in [1.807, 2.05) is 6.92 Å². The van der Waals surface area contributed by atoms with Crippen molar-refractivity contribution in [3.63, 3.8) is 0 Å². The van der Waals surface area contributed by atoms with Gasteiger partial charge in [-0.1, -0.05) is 0 Å². The molecule has 0 radical (unpaired) electrons. The summed E-state index contributed by atoms with van der Waals surface area (Å²) in [6, 6.07) is 6.97. The third-order valence-electron chi connectivity index (χ3n) is 3.99. The lowest BCUT2D eigenvalue weighted by Crippen LogP contribution is -2.36. The average molecular weight is 287 g/mol. The van der Waals surface area contributed by atoms with E-state index in [0.29, 0.717) is 23.3 Å². The van der Waals surface area contributed by atoms with E-state index in [2.05, 4.69) is 0 Å². The van der Waals surface area contributed by atoms with E-state index in [4.69, 9.17) is 9.15 Å². The SMILES string of the molecule is COc1ccc2cc(C(=O)N3CCCC3C)c(=O)oc2c1.